The van der Waals surface area contributed by atoms with E-state index in [1.54, 1.807) is 0 Å². The average Bonchev–Trinajstić information content (AvgIpc) is 2.61. The zero-order valence-electron chi connectivity index (χ0n) is 13.7. The summed E-state index contributed by atoms with van der Waals surface area (Å²) in [5.41, 5.74) is 1.44. The smallest absolute Gasteiger partial charge is 0.445 e. The van der Waals surface area contributed by atoms with Gasteiger partial charge < -0.3 is 14.8 Å². The van der Waals surface area contributed by atoms with E-state index in [9.17, 15) is 18.0 Å². The Balaban J connectivity index is 1.67. The molecule has 0 heterocycles. The van der Waals surface area contributed by atoms with Gasteiger partial charge in [-0.1, -0.05) is 42.2 Å². The van der Waals surface area contributed by atoms with Crippen molar-refractivity contribution in [2.45, 2.75) is 19.4 Å². The van der Waals surface area contributed by atoms with E-state index in [0.29, 0.717) is 18.5 Å². The number of carbonyl (C=O) groups excluding carboxylic acids is 1. The summed E-state index contributed by atoms with van der Waals surface area (Å²) in [5, 5.41) is 2.57. The van der Waals surface area contributed by atoms with Crippen LogP contribution in [0.25, 0.3) is 0 Å². The molecule has 0 unspecified atom stereocenters. The molecule has 2 aromatic rings. The number of benzene rings is 2. The summed E-state index contributed by atoms with van der Waals surface area (Å²) in [7, 11) is 0. The molecule has 0 radical (unpaired) electrons. The fourth-order valence-electron chi connectivity index (χ4n) is 1.91. The van der Waals surface area contributed by atoms with Gasteiger partial charge in [-0.3, -0.25) is 0 Å². The zero-order valence-corrected chi connectivity index (χ0v) is 13.7. The van der Waals surface area contributed by atoms with Crippen LogP contribution < -0.4 is 10.1 Å². The van der Waals surface area contributed by atoms with E-state index in [2.05, 4.69) is 21.9 Å². The second kappa shape index (κ2) is 9.37. The van der Waals surface area contributed by atoms with Crippen molar-refractivity contribution in [1.82, 2.24) is 5.32 Å². The molecule has 0 fully saturated rings. The number of alkyl halides is 3. The molecule has 0 saturated heterocycles. The van der Waals surface area contributed by atoms with Crippen LogP contribution in [-0.4, -0.2) is 19.0 Å². The van der Waals surface area contributed by atoms with Crippen LogP contribution in [0.5, 0.6) is 5.75 Å². The van der Waals surface area contributed by atoms with Crippen LogP contribution in [0.15, 0.2) is 54.6 Å². The molecule has 0 aliphatic rings. The standard InChI is InChI=1S/C19H16F3NO3/c20-19(21,22)26-17-11-9-15(10-12-17)6-4-5-13-23-18(24)25-14-16-7-2-1-3-8-16/h1-3,7-12H,5,13-14H2,(H,23,24). The van der Waals surface area contributed by atoms with E-state index in [0.717, 1.165) is 5.56 Å². The second-order valence-corrected chi connectivity index (χ2v) is 5.11. The van der Waals surface area contributed by atoms with Gasteiger partial charge in [0.1, 0.15) is 12.4 Å². The largest absolute Gasteiger partial charge is 0.573 e. The Morgan fingerprint density at radius 1 is 1.04 bits per heavy atom. The van der Waals surface area contributed by atoms with Crippen LogP contribution in [0.3, 0.4) is 0 Å². The first-order valence-corrected chi connectivity index (χ1v) is 7.71. The highest BCUT2D eigenvalue weighted by Crippen LogP contribution is 2.22. The van der Waals surface area contributed by atoms with Crippen molar-refractivity contribution in [2.24, 2.45) is 0 Å². The van der Waals surface area contributed by atoms with Crippen LogP contribution >= 0.6 is 0 Å². The van der Waals surface area contributed by atoms with Gasteiger partial charge in [0.25, 0.3) is 0 Å². The van der Waals surface area contributed by atoms with Gasteiger partial charge >= 0.3 is 12.5 Å². The predicted molar refractivity (Wildman–Crippen MR) is 89.2 cm³/mol. The van der Waals surface area contributed by atoms with Crippen LogP contribution in [0.4, 0.5) is 18.0 Å². The maximum absolute atomic E-state index is 12.1. The van der Waals surface area contributed by atoms with Gasteiger partial charge in [0.15, 0.2) is 0 Å². The Morgan fingerprint density at radius 3 is 2.38 bits per heavy atom. The van der Waals surface area contributed by atoms with Gasteiger partial charge in [0, 0.05) is 18.5 Å². The molecule has 0 saturated carbocycles. The molecule has 2 aromatic carbocycles. The first-order chi connectivity index (χ1) is 12.4. The predicted octanol–water partition coefficient (Wildman–Crippen LogP) is 4.25. The Morgan fingerprint density at radius 2 is 1.73 bits per heavy atom. The summed E-state index contributed by atoms with van der Waals surface area (Å²) in [6.07, 6.45) is -4.88. The van der Waals surface area contributed by atoms with Gasteiger partial charge in [0.2, 0.25) is 0 Å². The molecule has 0 atom stereocenters. The van der Waals surface area contributed by atoms with E-state index >= 15 is 0 Å². The van der Waals surface area contributed by atoms with Crippen molar-refractivity contribution in [1.29, 1.82) is 0 Å². The average molecular weight is 363 g/mol. The molecule has 0 bridgehead atoms. The minimum Gasteiger partial charge on any atom is -0.445 e. The lowest BCUT2D eigenvalue weighted by atomic mass is 10.2. The number of rotatable bonds is 5. The Kier molecular flexibility index (Phi) is 6.92. The normalized spacial score (nSPS) is 10.4. The highest BCUT2D eigenvalue weighted by atomic mass is 19.4. The van der Waals surface area contributed by atoms with Crippen molar-refractivity contribution in [3.05, 3.63) is 65.7 Å². The Hall–Kier alpha value is -3.14. The van der Waals surface area contributed by atoms with Crippen molar-refractivity contribution < 1.29 is 27.4 Å². The number of ether oxygens (including phenoxy) is 2. The summed E-state index contributed by atoms with van der Waals surface area (Å²) in [6, 6.07) is 14.5. The number of alkyl carbamates (subject to hydrolysis) is 1. The third kappa shape index (κ3) is 7.62. The summed E-state index contributed by atoms with van der Waals surface area (Å²) in [5.74, 6) is 5.30. The summed E-state index contributed by atoms with van der Waals surface area (Å²) in [6.45, 7) is 0.487. The van der Waals surface area contributed by atoms with Gasteiger partial charge in [-0.2, -0.15) is 0 Å². The molecule has 0 aromatic heterocycles. The number of nitrogens with one attached hydrogen (secondary N) is 1. The maximum atomic E-state index is 12.1. The van der Waals surface area contributed by atoms with Gasteiger partial charge in [-0.25, -0.2) is 4.79 Å². The van der Waals surface area contributed by atoms with Crippen LogP contribution in [0, 0.1) is 11.8 Å². The maximum Gasteiger partial charge on any atom is 0.573 e. The second-order valence-electron chi connectivity index (χ2n) is 5.11. The van der Waals surface area contributed by atoms with E-state index in [1.807, 2.05) is 30.3 Å². The minimum atomic E-state index is -4.71. The third-order valence-electron chi connectivity index (χ3n) is 3.05. The van der Waals surface area contributed by atoms with Gasteiger partial charge in [0.05, 0.1) is 0 Å². The van der Waals surface area contributed by atoms with Gasteiger partial charge in [-0.15, -0.1) is 13.2 Å². The number of halogens is 3. The molecular weight excluding hydrogens is 347 g/mol. The van der Waals surface area contributed by atoms with Crippen LogP contribution in [0.2, 0.25) is 0 Å². The molecule has 0 aliphatic carbocycles. The quantitative estimate of drug-likeness (QED) is 0.638. The first-order valence-electron chi connectivity index (χ1n) is 7.71. The Bertz CT molecular complexity index is 763. The lowest BCUT2D eigenvalue weighted by Gasteiger charge is -2.08. The van der Waals surface area contributed by atoms with Crippen molar-refractivity contribution in [3.63, 3.8) is 0 Å². The summed E-state index contributed by atoms with van der Waals surface area (Å²) < 4.78 is 45.0. The minimum absolute atomic E-state index is 0.185. The molecule has 0 aliphatic heterocycles. The number of hydrogen-bond donors (Lipinski definition) is 1. The van der Waals surface area contributed by atoms with Crippen molar-refractivity contribution in [2.75, 3.05) is 6.54 Å². The van der Waals surface area contributed by atoms with Crippen molar-refractivity contribution >= 4 is 6.09 Å². The van der Waals surface area contributed by atoms with E-state index in [4.69, 9.17) is 4.74 Å². The van der Waals surface area contributed by atoms with Crippen molar-refractivity contribution in [3.8, 4) is 17.6 Å². The molecule has 4 nitrogen and oxygen atoms in total. The van der Waals surface area contributed by atoms with Crippen LogP contribution in [0.1, 0.15) is 17.5 Å². The SMILES string of the molecule is O=C(NCCC#Cc1ccc(OC(F)(F)F)cc1)OCc1ccccc1. The molecule has 1 N–H and O–H groups in total. The number of amides is 1. The number of hydrogen-bond acceptors (Lipinski definition) is 3. The fourth-order valence-corrected chi connectivity index (χ4v) is 1.91. The highest BCUT2D eigenvalue weighted by Gasteiger charge is 2.30. The molecule has 136 valence electrons. The third-order valence-corrected chi connectivity index (χ3v) is 3.05. The molecule has 26 heavy (non-hydrogen) atoms. The summed E-state index contributed by atoms with van der Waals surface area (Å²) >= 11 is 0. The fraction of sp³-hybridized carbons (Fsp3) is 0.211. The molecule has 7 heteroatoms. The molecule has 2 rings (SSSR count). The zero-order chi connectivity index (χ0) is 18.8. The monoisotopic (exact) mass is 363 g/mol. The van der Waals surface area contributed by atoms with E-state index in [1.165, 1.54) is 24.3 Å². The Labute approximate surface area is 148 Å². The lowest BCUT2D eigenvalue weighted by molar-refractivity contribution is -0.274. The first kappa shape index (κ1) is 19.2. The molecule has 1 amide bonds. The molecular formula is C19H16F3NO3. The summed E-state index contributed by atoms with van der Waals surface area (Å²) in [4.78, 5) is 11.5. The topological polar surface area (TPSA) is 47.6 Å². The van der Waals surface area contributed by atoms with E-state index < -0.39 is 12.5 Å². The molecule has 0 spiro atoms. The van der Waals surface area contributed by atoms with Gasteiger partial charge in [-0.05, 0) is 29.8 Å². The lowest BCUT2D eigenvalue weighted by Crippen LogP contribution is -2.24. The van der Waals surface area contributed by atoms with Crippen LogP contribution in [-0.2, 0) is 11.3 Å². The van der Waals surface area contributed by atoms with E-state index in [-0.39, 0.29) is 12.4 Å². The highest BCUT2D eigenvalue weighted by molar-refractivity contribution is 5.67. The number of carbonyl (C=O) groups is 1.